The predicted octanol–water partition coefficient (Wildman–Crippen LogP) is 5.14. The molecule has 1 aliphatic carbocycles. The van der Waals surface area contributed by atoms with E-state index in [-0.39, 0.29) is 6.10 Å². The highest BCUT2D eigenvalue weighted by atomic mass is 16.3. The molecular weight excluding hydrogens is 446 g/mol. The van der Waals surface area contributed by atoms with Crippen molar-refractivity contribution in [1.82, 2.24) is 14.9 Å². The molecule has 0 spiro atoms. The van der Waals surface area contributed by atoms with E-state index in [1.54, 1.807) is 0 Å². The normalized spacial score (nSPS) is 20.8. The van der Waals surface area contributed by atoms with Gasteiger partial charge in [0, 0.05) is 34.6 Å². The molecular formula is C30H35N5O. The summed E-state index contributed by atoms with van der Waals surface area (Å²) < 4.78 is 0. The van der Waals surface area contributed by atoms with E-state index in [0.29, 0.717) is 17.9 Å². The van der Waals surface area contributed by atoms with Crippen LogP contribution < -0.4 is 10.6 Å². The third kappa shape index (κ3) is 6.42. The van der Waals surface area contributed by atoms with Crippen LogP contribution in [0.2, 0.25) is 0 Å². The van der Waals surface area contributed by atoms with Gasteiger partial charge in [0.2, 0.25) is 5.95 Å². The Morgan fingerprint density at radius 3 is 2.22 bits per heavy atom. The average Bonchev–Trinajstić information content (AvgIpc) is 2.91. The van der Waals surface area contributed by atoms with Gasteiger partial charge < -0.3 is 20.6 Å². The molecule has 2 aliphatic rings. The fourth-order valence-corrected chi connectivity index (χ4v) is 5.03. The molecule has 0 unspecified atom stereocenters. The van der Waals surface area contributed by atoms with E-state index >= 15 is 0 Å². The SMILES string of the molecule is CN1CCC(c2cnc(Nc3ccc(C#Cc4ccccc4)cc3)nc2NC2CCC(O)CC2)CC1. The molecule has 0 atom stereocenters. The highest BCUT2D eigenvalue weighted by Crippen LogP contribution is 2.33. The van der Waals surface area contributed by atoms with Crippen LogP contribution in [0.5, 0.6) is 0 Å². The van der Waals surface area contributed by atoms with Crippen LogP contribution in [0.4, 0.5) is 17.5 Å². The summed E-state index contributed by atoms with van der Waals surface area (Å²) in [5.41, 5.74) is 4.11. The molecule has 1 aromatic heterocycles. The summed E-state index contributed by atoms with van der Waals surface area (Å²) in [4.78, 5) is 12.0. The number of anilines is 3. The van der Waals surface area contributed by atoms with Gasteiger partial charge in [0.1, 0.15) is 5.82 Å². The Labute approximate surface area is 214 Å². The number of aliphatic hydroxyl groups excluding tert-OH is 1. The van der Waals surface area contributed by atoms with Gasteiger partial charge >= 0.3 is 0 Å². The summed E-state index contributed by atoms with van der Waals surface area (Å²) in [7, 11) is 2.19. The number of hydrogen-bond donors (Lipinski definition) is 3. The monoisotopic (exact) mass is 481 g/mol. The number of hydrogen-bond acceptors (Lipinski definition) is 6. The second-order valence-electron chi connectivity index (χ2n) is 10.0. The van der Waals surface area contributed by atoms with Crippen molar-refractivity contribution in [1.29, 1.82) is 0 Å². The molecule has 36 heavy (non-hydrogen) atoms. The molecule has 1 aliphatic heterocycles. The summed E-state index contributed by atoms with van der Waals surface area (Å²) in [6.07, 6.45) is 7.70. The number of likely N-dealkylation sites (tertiary alicyclic amines) is 1. The quantitative estimate of drug-likeness (QED) is 0.438. The van der Waals surface area contributed by atoms with Crippen LogP contribution in [0, 0.1) is 11.8 Å². The van der Waals surface area contributed by atoms with Crippen LogP contribution in [-0.2, 0) is 0 Å². The Balaban J connectivity index is 1.31. The number of benzene rings is 2. The Morgan fingerprint density at radius 1 is 0.861 bits per heavy atom. The maximum Gasteiger partial charge on any atom is 0.229 e. The third-order valence-corrected chi connectivity index (χ3v) is 7.28. The number of aromatic nitrogens is 2. The fraction of sp³-hybridized carbons (Fsp3) is 0.400. The van der Waals surface area contributed by atoms with E-state index in [9.17, 15) is 5.11 Å². The molecule has 2 heterocycles. The van der Waals surface area contributed by atoms with Crippen molar-refractivity contribution in [3.05, 3.63) is 77.5 Å². The van der Waals surface area contributed by atoms with Crippen molar-refractivity contribution in [2.75, 3.05) is 30.8 Å². The molecule has 0 amide bonds. The van der Waals surface area contributed by atoms with Crippen LogP contribution >= 0.6 is 0 Å². The van der Waals surface area contributed by atoms with Gasteiger partial charge in [-0.1, -0.05) is 30.0 Å². The topological polar surface area (TPSA) is 73.3 Å². The molecule has 1 saturated heterocycles. The summed E-state index contributed by atoms with van der Waals surface area (Å²) in [5, 5.41) is 17.0. The van der Waals surface area contributed by atoms with Crippen LogP contribution in [0.15, 0.2) is 60.8 Å². The number of nitrogens with zero attached hydrogens (tertiary/aromatic N) is 3. The highest BCUT2D eigenvalue weighted by Gasteiger charge is 2.25. The zero-order chi connectivity index (χ0) is 24.7. The lowest BCUT2D eigenvalue weighted by molar-refractivity contribution is 0.126. The molecule has 1 saturated carbocycles. The summed E-state index contributed by atoms with van der Waals surface area (Å²) in [6, 6.07) is 18.4. The van der Waals surface area contributed by atoms with Gasteiger partial charge in [-0.2, -0.15) is 4.98 Å². The molecule has 6 heteroatoms. The number of nitrogens with one attached hydrogen (secondary N) is 2. The first kappa shape index (κ1) is 24.3. The number of rotatable bonds is 5. The number of aliphatic hydroxyl groups is 1. The first-order valence-electron chi connectivity index (χ1n) is 13.1. The third-order valence-electron chi connectivity index (χ3n) is 7.28. The summed E-state index contributed by atoms with van der Waals surface area (Å²) in [5.74, 6) is 8.41. The second kappa shape index (κ2) is 11.6. The zero-order valence-corrected chi connectivity index (χ0v) is 21.0. The fourth-order valence-electron chi connectivity index (χ4n) is 5.03. The lowest BCUT2D eigenvalue weighted by Crippen LogP contribution is -2.31. The second-order valence-corrected chi connectivity index (χ2v) is 10.0. The number of piperidine rings is 1. The molecule has 0 bridgehead atoms. The van der Waals surface area contributed by atoms with Crippen molar-refractivity contribution in [3.63, 3.8) is 0 Å². The van der Waals surface area contributed by atoms with Crippen LogP contribution in [-0.4, -0.2) is 52.3 Å². The van der Waals surface area contributed by atoms with Crippen LogP contribution in [0.3, 0.4) is 0 Å². The van der Waals surface area contributed by atoms with Gasteiger partial charge in [-0.15, -0.1) is 0 Å². The Kier molecular flexibility index (Phi) is 7.80. The minimum Gasteiger partial charge on any atom is -0.393 e. The molecule has 186 valence electrons. The Bertz CT molecular complexity index is 1190. The average molecular weight is 482 g/mol. The highest BCUT2D eigenvalue weighted by molar-refractivity contribution is 5.58. The van der Waals surface area contributed by atoms with Crippen molar-refractivity contribution in [2.45, 2.75) is 56.6 Å². The van der Waals surface area contributed by atoms with E-state index in [1.807, 2.05) is 60.8 Å². The molecule has 2 fully saturated rings. The van der Waals surface area contributed by atoms with Gasteiger partial charge in [0.05, 0.1) is 6.10 Å². The Morgan fingerprint density at radius 2 is 1.53 bits per heavy atom. The van der Waals surface area contributed by atoms with E-state index in [0.717, 1.165) is 74.2 Å². The minimum absolute atomic E-state index is 0.167. The molecule has 5 rings (SSSR count). The summed E-state index contributed by atoms with van der Waals surface area (Å²) >= 11 is 0. The van der Waals surface area contributed by atoms with E-state index in [2.05, 4.69) is 39.4 Å². The lowest BCUT2D eigenvalue weighted by atomic mass is 9.89. The van der Waals surface area contributed by atoms with Crippen molar-refractivity contribution < 1.29 is 5.11 Å². The zero-order valence-electron chi connectivity index (χ0n) is 21.0. The molecule has 6 nitrogen and oxygen atoms in total. The van der Waals surface area contributed by atoms with Crippen molar-refractivity contribution >= 4 is 17.5 Å². The standard InChI is InChI=1S/C30H35N5O/c1-35-19-17-24(18-20-35)28-21-31-30(34-29(28)32-25-13-15-27(36)16-14-25)33-26-11-9-23(10-12-26)8-7-22-5-3-2-4-6-22/h2-6,9-12,21,24-25,27,36H,13-20H2,1H3,(H2,31,32,33,34). The molecule has 3 N–H and O–H groups in total. The maximum atomic E-state index is 9.92. The van der Waals surface area contributed by atoms with Gasteiger partial charge in [-0.25, -0.2) is 4.98 Å². The van der Waals surface area contributed by atoms with Crippen molar-refractivity contribution in [3.8, 4) is 11.8 Å². The maximum absolute atomic E-state index is 9.92. The Hall–Kier alpha value is -3.40. The lowest BCUT2D eigenvalue weighted by Gasteiger charge is -2.32. The summed E-state index contributed by atoms with van der Waals surface area (Å²) in [6.45, 7) is 2.19. The largest absolute Gasteiger partial charge is 0.393 e. The smallest absolute Gasteiger partial charge is 0.229 e. The van der Waals surface area contributed by atoms with Gasteiger partial charge in [-0.05, 0) is 101 Å². The molecule has 2 aromatic carbocycles. The van der Waals surface area contributed by atoms with E-state index in [1.165, 1.54) is 5.56 Å². The first-order chi connectivity index (χ1) is 17.6. The van der Waals surface area contributed by atoms with Gasteiger partial charge in [0.15, 0.2) is 0 Å². The van der Waals surface area contributed by atoms with Gasteiger partial charge in [-0.3, -0.25) is 0 Å². The predicted molar refractivity (Wildman–Crippen MR) is 146 cm³/mol. The minimum atomic E-state index is -0.167. The van der Waals surface area contributed by atoms with Crippen molar-refractivity contribution in [2.24, 2.45) is 0 Å². The van der Waals surface area contributed by atoms with Crippen LogP contribution in [0.1, 0.15) is 61.1 Å². The first-order valence-corrected chi connectivity index (χ1v) is 13.1. The van der Waals surface area contributed by atoms with Crippen LogP contribution in [0.25, 0.3) is 0 Å². The molecule has 0 radical (unpaired) electrons. The van der Waals surface area contributed by atoms with E-state index in [4.69, 9.17) is 4.98 Å². The molecule has 3 aromatic rings. The van der Waals surface area contributed by atoms with Gasteiger partial charge in [0.25, 0.3) is 0 Å². The van der Waals surface area contributed by atoms with E-state index < -0.39 is 0 Å².